The van der Waals surface area contributed by atoms with Gasteiger partial charge in [0.15, 0.2) is 0 Å². The minimum absolute atomic E-state index is 0. The molecular weight excluding hydrogens is 341 g/mol. The normalized spacial score (nSPS) is 13.6. The first kappa shape index (κ1) is 20.5. The van der Waals surface area contributed by atoms with Crippen LogP contribution in [0.3, 0.4) is 0 Å². The fourth-order valence-corrected chi connectivity index (χ4v) is 2.97. The van der Waals surface area contributed by atoms with Gasteiger partial charge in [0.25, 0.3) is 0 Å². The van der Waals surface area contributed by atoms with Gasteiger partial charge in [-0.1, -0.05) is 29.8 Å². The number of aliphatic carboxylic acids is 1. The average Bonchev–Trinajstić information content (AvgIpc) is 2.60. The van der Waals surface area contributed by atoms with Gasteiger partial charge in [0.05, 0.1) is 6.61 Å². The second kappa shape index (κ2) is 9.21. The average molecular weight is 361 g/mol. The van der Waals surface area contributed by atoms with E-state index in [9.17, 15) is 14.7 Å². The van der Waals surface area contributed by atoms with Crippen LogP contribution in [0.25, 0.3) is 0 Å². The van der Waals surface area contributed by atoms with Crippen LogP contribution in [0.5, 0.6) is 5.75 Å². The Morgan fingerprint density at radius 2 is 1.92 bits per heavy atom. The fourth-order valence-electron chi connectivity index (χ4n) is 2.97. The van der Waals surface area contributed by atoms with Crippen LogP contribution in [0.15, 0.2) is 42.5 Å². The van der Waals surface area contributed by atoms with Crippen molar-refractivity contribution in [1.82, 2.24) is 0 Å². The third kappa shape index (κ3) is 5.10. The molecule has 1 atom stereocenters. The van der Waals surface area contributed by atoms with E-state index in [0.29, 0.717) is 17.9 Å². The molecule has 1 aliphatic rings. The zero-order chi connectivity index (χ0) is 17.8. The largest absolute Gasteiger partial charge is 1.00 e. The predicted molar refractivity (Wildman–Crippen MR) is 92.4 cm³/mol. The second-order valence-corrected chi connectivity index (χ2v) is 6.31. The minimum Gasteiger partial charge on any atom is -0.549 e. The van der Waals surface area contributed by atoms with E-state index < -0.39 is 11.9 Å². The van der Waals surface area contributed by atoms with Gasteiger partial charge in [-0.3, -0.25) is 4.79 Å². The van der Waals surface area contributed by atoms with E-state index in [4.69, 9.17) is 4.74 Å². The molecule has 1 aliphatic heterocycles. The Morgan fingerprint density at radius 1 is 1.19 bits per heavy atom. The Hall–Kier alpha value is -1.82. The van der Waals surface area contributed by atoms with Gasteiger partial charge in [-0.25, -0.2) is 0 Å². The number of carboxylic acid groups (broad SMARTS) is 1. The van der Waals surface area contributed by atoms with Gasteiger partial charge in [0, 0.05) is 24.0 Å². The SMILES string of the molecule is Cc1ccc(C(CC(=O)Nc2ccc3c(c2)CCCO3)C(=O)[O-])cc1.[Na+]. The van der Waals surface area contributed by atoms with E-state index in [1.807, 2.05) is 31.2 Å². The van der Waals surface area contributed by atoms with Crippen LogP contribution in [0, 0.1) is 6.92 Å². The van der Waals surface area contributed by atoms with Gasteiger partial charge in [-0.2, -0.15) is 0 Å². The summed E-state index contributed by atoms with van der Waals surface area (Å²) in [7, 11) is 0. The van der Waals surface area contributed by atoms with Gasteiger partial charge in [0.1, 0.15) is 5.75 Å². The molecule has 5 nitrogen and oxygen atoms in total. The molecule has 1 heterocycles. The summed E-state index contributed by atoms with van der Waals surface area (Å²) >= 11 is 0. The number of aryl methyl sites for hydroxylation is 2. The van der Waals surface area contributed by atoms with Crippen LogP contribution < -0.4 is 44.7 Å². The molecular formula is C20H20NNaO4. The van der Waals surface area contributed by atoms with Crippen LogP contribution in [0.4, 0.5) is 5.69 Å². The maximum absolute atomic E-state index is 12.3. The number of carboxylic acids is 1. The molecule has 0 saturated carbocycles. The summed E-state index contributed by atoms with van der Waals surface area (Å²) < 4.78 is 5.55. The first-order chi connectivity index (χ1) is 12.0. The molecule has 3 rings (SSSR count). The number of ether oxygens (including phenoxy) is 1. The number of rotatable bonds is 5. The topological polar surface area (TPSA) is 78.5 Å². The van der Waals surface area contributed by atoms with Crippen molar-refractivity contribution in [3.8, 4) is 5.75 Å². The first-order valence-electron chi connectivity index (χ1n) is 8.36. The predicted octanol–water partition coefficient (Wildman–Crippen LogP) is -0.814. The van der Waals surface area contributed by atoms with E-state index in [-0.39, 0.29) is 41.9 Å². The number of carbonyl (C=O) groups excluding carboxylic acids is 2. The number of hydrogen-bond acceptors (Lipinski definition) is 4. The molecule has 0 fully saturated rings. The maximum Gasteiger partial charge on any atom is 1.00 e. The zero-order valence-corrected chi connectivity index (χ0v) is 17.1. The van der Waals surface area contributed by atoms with Crippen molar-refractivity contribution in [1.29, 1.82) is 0 Å². The van der Waals surface area contributed by atoms with Crippen molar-refractivity contribution in [2.75, 3.05) is 11.9 Å². The number of carbonyl (C=O) groups is 2. The molecule has 6 heteroatoms. The molecule has 1 unspecified atom stereocenters. The van der Waals surface area contributed by atoms with E-state index in [1.54, 1.807) is 18.2 Å². The maximum atomic E-state index is 12.3. The first-order valence-corrected chi connectivity index (χ1v) is 8.36. The van der Waals surface area contributed by atoms with Crippen molar-refractivity contribution in [2.24, 2.45) is 0 Å². The molecule has 0 bridgehead atoms. The number of benzene rings is 2. The third-order valence-electron chi connectivity index (χ3n) is 4.35. The van der Waals surface area contributed by atoms with Gasteiger partial charge < -0.3 is 20.0 Å². The Morgan fingerprint density at radius 3 is 2.62 bits per heavy atom. The summed E-state index contributed by atoms with van der Waals surface area (Å²) in [5.74, 6) is -1.73. The van der Waals surface area contributed by atoms with Gasteiger partial charge >= 0.3 is 29.6 Å². The Kier molecular flexibility index (Phi) is 7.26. The molecule has 0 aromatic heterocycles. The number of amides is 1. The second-order valence-electron chi connectivity index (χ2n) is 6.31. The standard InChI is InChI=1S/C20H21NO4.Na/c1-13-4-6-14(7-5-13)17(20(23)24)12-19(22)21-16-8-9-18-15(11-16)3-2-10-25-18;/h4-9,11,17H,2-3,10,12H2,1H3,(H,21,22)(H,23,24);/q;+1/p-1. The smallest absolute Gasteiger partial charge is 0.549 e. The minimum atomic E-state index is -1.25. The van der Waals surface area contributed by atoms with Crippen LogP contribution in [0.2, 0.25) is 0 Å². The summed E-state index contributed by atoms with van der Waals surface area (Å²) in [6.45, 7) is 2.63. The molecule has 26 heavy (non-hydrogen) atoms. The van der Waals surface area contributed by atoms with Crippen LogP contribution in [-0.4, -0.2) is 18.5 Å². The number of anilines is 1. The van der Waals surface area contributed by atoms with E-state index in [0.717, 1.165) is 29.7 Å². The van der Waals surface area contributed by atoms with Crippen molar-refractivity contribution < 1.29 is 49.0 Å². The summed E-state index contributed by atoms with van der Waals surface area (Å²) in [6.07, 6.45) is 1.69. The van der Waals surface area contributed by atoms with Crippen molar-refractivity contribution in [3.05, 3.63) is 59.2 Å². The summed E-state index contributed by atoms with van der Waals surface area (Å²) in [6, 6.07) is 12.6. The molecule has 0 radical (unpaired) electrons. The Labute approximate surface area is 175 Å². The number of hydrogen-bond donors (Lipinski definition) is 1. The molecule has 0 saturated heterocycles. The molecule has 0 spiro atoms. The Balaban J connectivity index is 0.00000243. The molecule has 1 amide bonds. The van der Waals surface area contributed by atoms with Gasteiger partial charge in [0.2, 0.25) is 5.91 Å². The molecule has 0 aliphatic carbocycles. The van der Waals surface area contributed by atoms with E-state index >= 15 is 0 Å². The monoisotopic (exact) mass is 361 g/mol. The fraction of sp³-hybridized carbons (Fsp3) is 0.300. The molecule has 1 N–H and O–H groups in total. The van der Waals surface area contributed by atoms with Crippen molar-refractivity contribution in [2.45, 2.75) is 32.1 Å². The number of fused-ring (bicyclic) bond motifs is 1. The van der Waals surface area contributed by atoms with Crippen molar-refractivity contribution >= 4 is 17.6 Å². The number of nitrogens with one attached hydrogen (secondary N) is 1. The Bertz CT molecular complexity index is 789. The van der Waals surface area contributed by atoms with Crippen LogP contribution in [-0.2, 0) is 16.0 Å². The zero-order valence-electron chi connectivity index (χ0n) is 15.1. The van der Waals surface area contributed by atoms with Gasteiger partial charge in [-0.15, -0.1) is 0 Å². The molecule has 2 aromatic rings. The molecule has 2 aromatic carbocycles. The summed E-state index contributed by atoms with van der Waals surface area (Å²) in [4.78, 5) is 23.8. The third-order valence-corrected chi connectivity index (χ3v) is 4.35. The quantitative estimate of drug-likeness (QED) is 0.707. The summed E-state index contributed by atoms with van der Waals surface area (Å²) in [5, 5.41) is 14.2. The van der Waals surface area contributed by atoms with E-state index in [2.05, 4.69) is 5.32 Å². The van der Waals surface area contributed by atoms with Gasteiger partial charge in [-0.05, 0) is 49.1 Å². The van der Waals surface area contributed by atoms with E-state index in [1.165, 1.54) is 0 Å². The van der Waals surface area contributed by atoms with Crippen LogP contribution >= 0.6 is 0 Å². The summed E-state index contributed by atoms with van der Waals surface area (Å²) in [5.41, 5.74) is 3.30. The van der Waals surface area contributed by atoms with Crippen molar-refractivity contribution in [3.63, 3.8) is 0 Å². The van der Waals surface area contributed by atoms with Crippen LogP contribution in [0.1, 0.15) is 35.4 Å². The molecule has 130 valence electrons.